The number of amides is 1. The van der Waals surface area contributed by atoms with E-state index in [9.17, 15) is 18.4 Å². The quantitative estimate of drug-likeness (QED) is 0.868. The number of hydrogen-bond acceptors (Lipinski definition) is 3. The van der Waals surface area contributed by atoms with Gasteiger partial charge in [0, 0.05) is 6.42 Å². The molecule has 8 heteroatoms. The second-order valence-corrected chi connectivity index (χ2v) is 5.05. The highest BCUT2D eigenvalue weighted by Crippen LogP contribution is 2.37. The SMILES string of the molecule is O=C(O)N1C[C@H](OCc2ccccc2)CC1(C(=O)O)C(F)F. The highest BCUT2D eigenvalue weighted by molar-refractivity contribution is 5.85. The van der Waals surface area contributed by atoms with Gasteiger partial charge in [-0.1, -0.05) is 30.3 Å². The van der Waals surface area contributed by atoms with Gasteiger partial charge < -0.3 is 14.9 Å². The maximum atomic E-state index is 13.3. The summed E-state index contributed by atoms with van der Waals surface area (Å²) in [4.78, 5) is 22.6. The molecular weight excluding hydrogens is 300 g/mol. The highest BCUT2D eigenvalue weighted by atomic mass is 19.3. The predicted octanol–water partition coefficient (Wildman–Crippen LogP) is 2.04. The zero-order valence-corrected chi connectivity index (χ0v) is 11.5. The third-order valence-corrected chi connectivity index (χ3v) is 3.70. The standard InChI is InChI=1S/C14H15F2NO5/c15-11(16)14(12(18)19)6-10(7-17(14)13(20)21)22-8-9-4-2-1-3-5-9/h1-5,10-11H,6-8H2,(H,18,19)(H,20,21)/t10-,14?/m1/s1. The van der Waals surface area contributed by atoms with Crippen LogP contribution in [0.4, 0.5) is 13.6 Å². The molecule has 1 aromatic carbocycles. The molecule has 0 saturated carbocycles. The van der Waals surface area contributed by atoms with E-state index in [-0.39, 0.29) is 11.5 Å². The molecule has 0 spiro atoms. The summed E-state index contributed by atoms with van der Waals surface area (Å²) in [5.41, 5.74) is -1.97. The summed E-state index contributed by atoms with van der Waals surface area (Å²) in [5, 5.41) is 18.1. The number of alkyl halides is 2. The molecule has 120 valence electrons. The molecule has 1 aliphatic rings. The summed E-state index contributed by atoms with van der Waals surface area (Å²) in [6, 6.07) is 8.88. The number of nitrogens with zero attached hydrogens (tertiary/aromatic N) is 1. The Balaban J connectivity index is 2.13. The van der Waals surface area contributed by atoms with Crippen molar-refractivity contribution in [3.63, 3.8) is 0 Å². The average molecular weight is 315 g/mol. The second kappa shape index (κ2) is 6.27. The molecule has 22 heavy (non-hydrogen) atoms. The summed E-state index contributed by atoms with van der Waals surface area (Å²) < 4.78 is 31.9. The number of carboxylic acid groups (broad SMARTS) is 2. The van der Waals surface area contributed by atoms with Gasteiger partial charge in [0.2, 0.25) is 5.54 Å². The summed E-state index contributed by atoms with van der Waals surface area (Å²) in [7, 11) is 0. The molecule has 1 amide bonds. The number of carbonyl (C=O) groups is 2. The van der Waals surface area contributed by atoms with Crippen LogP contribution in [0.25, 0.3) is 0 Å². The monoisotopic (exact) mass is 315 g/mol. The molecule has 1 aromatic rings. The molecule has 1 fully saturated rings. The molecular formula is C14H15F2NO5. The number of likely N-dealkylation sites (tertiary alicyclic amines) is 1. The Morgan fingerprint density at radius 2 is 1.95 bits per heavy atom. The fraction of sp³-hybridized carbons (Fsp3) is 0.429. The Hall–Kier alpha value is -2.22. The Bertz CT molecular complexity index is 553. The van der Waals surface area contributed by atoms with E-state index in [2.05, 4.69) is 0 Å². The lowest BCUT2D eigenvalue weighted by Gasteiger charge is -2.31. The van der Waals surface area contributed by atoms with Crippen molar-refractivity contribution in [3.8, 4) is 0 Å². The zero-order chi connectivity index (χ0) is 16.3. The molecule has 0 aliphatic carbocycles. The van der Waals surface area contributed by atoms with Crippen molar-refractivity contribution in [1.29, 1.82) is 0 Å². The lowest BCUT2D eigenvalue weighted by molar-refractivity contribution is -0.159. The van der Waals surface area contributed by atoms with Gasteiger partial charge in [0.1, 0.15) is 0 Å². The van der Waals surface area contributed by atoms with Gasteiger partial charge in [-0.25, -0.2) is 18.4 Å². The maximum Gasteiger partial charge on any atom is 0.408 e. The van der Waals surface area contributed by atoms with Crippen LogP contribution in [0.3, 0.4) is 0 Å². The first-order valence-corrected chi connectivity index (χ1v) is 6.55. The van der Waals surface area contributed by atoms with E-state index in [1.165, 1.54) is 0 Å². The van der Waals surface area contributed by atoms with Crippen molar-refractivity contribution in [2.45, 2.75) is 31.1 Å². The molecule has 0 aromatic heterocycles. The summed E-state index contributed by atoms with van der Waals surface area (Å²) in [6.45, 7) is -0.309. The van der Waals surface area contributed by atoms with E-state index in [1.54, 1.807) is 30.3 Å². The van der Waals surface area contributed by atoms with Gasteiger partial charge in [0.25, 0.3) is 6.43 Å². The van der Waals surface area contributed by atoms with Crippen LogP contribution < -0.4 is 0 Å². The van der Waals surface area contributed by atoms with E-state index in [0.717, 1.165) is 5.56 Å². The molecule has 1 heterocycles. The summed E-state index contributed by atoms with van der Waals surface area (Å²) >= 11 is 0. The van der Waals surface area contributed by atoms with Gasteiger partial charge in [-0.15, -0.1) is 0 Å². The van der Waals surface area contributed by atoms with Crippen molar-refractivity contribution >= 4 is 12.1 Å². The molecule has 2 rings (SSSR count). The fourth-order valence-corrected chi connectivity index (χ4v) is 2.54. The van der Waals surface area contributed by atoms with Crippen LogP contribution in [0.15, 0.2) is 30.3 Å². The number of ether oxygens (including phenoxy) is 1. The van der Waals surface area contributed by atoms with Crippen LogP contribution in [-0.2, 0) is 16.1 Å². The topological polar surface area (TPSA) is 87.1 Å². The first kappa shape index (κ1) is 16.2. The minimum absolute atomic E-state index is 0.0951. The van der Waals surface area contributed by atoms with Gasteiger partial charge in [0.15, 0.2) is 0 Å². The van der Waals surface area contributed by atoms with Crippen molar-refractivity contribution in [2.24, 2.45) is 0 Å². The van der Waals surface area contributed by atoms with Gasteiger partial charge in [-0.05, 0) is 5.56 Å². The molecule has 1 aliphatic heterocycles. The summed E-state index contributed by atoms with van der Waals surface area (Å²) in [6.07, 6.45) is -6.53. The summed E-state index contributed by atoms with van der Waals surface area (Å²) in [5.74, 6) is -1.87. The highest BCUT2D eigenvalue weighted by Gasteiger charge is 2.60. The van der Waals surface area contributed by atoms with Crippen LogP contribution in [0, 0.1) is 0 Å². The molecule has 0 radical (unpaired) electrons. The number of aliphatic carboxylic acids is 1. The van der Waals surface area contributed by atoms with Crippen molar-refractivity contribution in [3.05, 3.63) is 35.9 Å². The Kier molecular flexibility index (Phi) is 4.60. The van der Waals surface area contributed by atoms with Crippen LogP contribution in [0.2, 0.25) is 0 Å². The van der Waals surface area contributed by atoms with E-state index in [1.807, 2.05) is 0 Å². The number of hydrogen-bond donors (Lipinski definition) is 2. The third kappa shape index (κ3) is 2.87. The van der Waals surface area contributed by atoms with Crippen molar-refractivity contribution in [2.75, 3.05) is 6.54 Å². The largest absolute Gasteiger partial charge is 0.479 e. The number of halogens is 2. The number of carboxylic acids is 1. The van der Waals surface area contributed by atoms with Crippen LogP contribution >= 0.6 is 0 Å². The van der Waals surface area contributed by atoms with Gasteiger partial charge in [-0.2, -0.15) is 0 Å². The van der Waals surface area contributed by atoms with Crippen LogP contribution in [-0.4, -0.2) is 51.8 Å². The molecule has 1 saturated heterocycles. The van der Waals surface area contributed by atoms with Gasteiger partial charge in [0.05, 0.1) is 19.3 Å². The van der Waals surface area contributed by atoms with Crippen LogP contribution in [0.5, 0.6) is 0 Å². The lowest BCUT2D eigenvalue weighted by Crippen LogP contribution is -2.57. The molecule has 2 N–H and O–H groups in total. The number of benzene rings is 1. The van der Waals surface area contributed by atoms with E-state index in [0.29, 0.717) is 0 Å². The van der Waals surface area contributed by atoms with E-state index in [4.69, 9.17) is 14.9 Å². The van der Waals surface area contributed by atoms with Crippen molar-refractivity contribution < 1.29 is 33.3 Å². The second-order valence-electron chi connectivity index (χ2n) is 5.05. The van der Waals surface area contributed by atoms with E-state index < -0.39 is 43.1 Å². The fourth-order valence-electron chi connectivity index (χ4n) is 2.54. The normalized spacial score (nSPS) is 24.7. The Labute approximate surface area is 124 Å². The third-order valence-electron chi connectivity index (χ3n) is 3.70. The lowest BCUT2D eigenvalue weighted by atomic mass is 9.96. The molecule has 6 nitrogen and oxygen atoms in total. The molecule has 1 unspecified atom stereocenters. The first-order chi connectivity index (χ1) is 10.4. The van der Waals surface area contributed by atoms with Crippen LogP contribution in [0.1, 0.15) is 12.0 Å². The number of rotatable bonds is 5. The average Bonchev–Trinajstić information content (AvgIpc) is 2.87. The van der Waals surface area contributed by atoms with Gasteiger partial charge in [-0.3, -0.25) is 4.90 Å². The molecule has 2 atom stereocenters. The van der Waals surface area contributed by atoms with Crippen molar-refractivity contribution in [1.82, 2.24) is 4.90 Å². The predicted molar refractivity (Wildman–Crippen MR) is 70.7 cm³/mol. The molecule has 0 bridgehead atoms. The Morgan fingerprint density at radius 1 is 1.32 bits per heavy atom. The minimum atomic E-state index is -3.34. The Morgan fingerprint density at radius 3 is 2.41 bits per heavy atom. The van der Waals surface area contributed by atoms with Gasteiger partial charge >= 0.3 is 12.1 Å². The van der Waals surface area contributed by atoms with E-state index >= 15 is 0 Å². The maximum absolute atomic E-state index is 13.3. The minimum Gasteiger partial charge on any atom is -0.479 e. The smallest absolute Gasteiger partial charge is 0.408 e. The zero-order valence-electron chi connectivity index (χ0n) is 11.5. The first-order valence-electron chi connectivity index (χ1n) is 6.55.